The van der Waals surface area contributed by atoms with Crippen molar-refractivity contribution < 1.29 is 44.1 Å². The molecule has 0 bridgehead atoms. The van der Waals surface area contributed by atoms with Gasteiger partial charge in [-0.3, -0.25) is 18.2 Å². The Balaban J connectivity index is 0. The molecule has 54 valence electrons. The van der Waals surface area contributed by atoms with Crippen LogP contribution in [-0.2, 0) is 39.0 Å². The SMILES string of the molecule is Oc1[c-]ccc[c-]1.[Rh].[Rh]. The molecule has 1 aromatic carbocycles. The third-order valence-corrected chi connectivity index (χ3v) is 0.633. The molecule has 0 spiro atoms. The van der Waals surface area contributed by atoms with Gasteiger partial charge in [0.1, 0.15) is 0 Å². The van der Waals surface area contributed by atoms with E-state index in [-0.39, 0.29) is 44.7 Å². The van der Waals surface area contributed by atoms with E-state index in [2.05, 4.69) is 12.1 Å². The summed E-state index contributed by atoms with van der Waals surface area (Å²) in [5.74, 6) is 0.0718. The molecule has 1 rings (SSSR count). The molecule has 0 atom stereocenters. The van der Waals surface area contributed by atoms with Crippen LogP contribution in [0.15, 0.2) is 18.2 Å². The zero-order valence-electron chi connectivity index (χ0n) is 4.35. The van der Waals surface area contributed by atoms with Gasteiger partial charge in [-0.2, -0.15) is 0 Å². The molecule has 3 heteroatoms. The van der Waals surface area contributed by atoms with Crippen molar-refractivity contribution in [2.45, 2.75) is 0 Å². The van der Waals surface area contributed by atoms with Crippen LogP contribution in [0.3, 0.4) is 0 Å². The van der Waals surface area contributed by atoms with Crippen molar-refractivity contribution in [3.05, 3.63) is 30.3 Å². The molecule has 1 aromatic rings. The fourth-order valence-corrected chi connectivity index (χ4v) is 0.344. The van der Waals surface area contributed by atoms with Gasteiger partial charge < -0.3 is 17.2 Å². The van der Waals surface area contributed by atoms with Gasteiger partial charge in [0.25, 0.3) is 0 Å². The Morgan fingerprint density at radius 2 is 1.56 bits per heavy atom. The van der Waals surface area contributed by atoms with Crippen LogP contribution in [0.1, 0.15) is 0 Å². The summed E-state index contributed by atoms with van der Waals surface area (Å²) >= 11 is 0. The molecule has 0 amide bonds. The summed E-state index contributed by atoms with van der Waals surface area (Å²) in [6.45, 7) is 0. The van der Waals surface area contributed by atoms with Gasteiger partial charge in [0.05, 0.1) is 0 Å². The van der Waals surface area contributed by atoms with Gasteiger partial charge in [-0.25, -0.2) is 0 Å². The Hall–Kier alpha value is 0.267. The molecule has 0 unspecified atom stereocenters. The molecule has 0 heterocycles. The largest absolute Gasteiger partial charge is 0.559 e. The van der Waals surface area contributed by atoms with Crippen molar-refractivity contribution in [3.63, 3.8) is 0 Å². The Bertz CT molecular complexity index is 141. The zero-order valence-corrected chi connectivity index (χ0v) is 7.62. The molecule has 0 fully saturated rings. The molecule has 0 aliphatic rings. The molecular formula is C6H4ORh2-2. The molecule has 1 nitrogen and oxygen atoms in total. The normalized spacial score (nSPS) is 6.67. The van der Waals surface area contributed by atoms with E-state index in [0.29, 0.717) is 0 Å². The van der Waals surface area contributed by atoms with E-state index in [1.165, 1.54) is 0 Å². The standard InChI is InChI=1S/C6H4O.2Rh/c7-6-4-2-1-3-5-6;;/h1-3,7H;;/q-2;;. The zero-order chi connectivity index (χ0) is 5.11. The van der Waals surface area contributed by atoms with Crippen LogP contribution in [0.5, 0.6) is 5.75 Å². The molecule has 0 saturated heterocycles. The predicted octanol–water partition coefficient (Wildman–Crippen LogP) is 0.988. The predicted molar refractivity (Wildman–Crippen MR) is 25.8 cm³/mol. The van der Waals surface area contributed by atoms with E-state index in [4.69, 9.17) is 5.11 Å². The Morgan fingerprint density at radius 1 is 1.11 bits per heavy atom. The number of hydrogen-bond donors (Lipinski definition) is 1. The Morgan fingerprint density at radius 3 is 1.78 bits per heavy atom. The summed E-state index contributed by atoms with van der Waals surface area (Å²) in [5.41, 5.74) is 0. The maximum absolute atomic E-state index is 8.52. The van der Waals surface area contributed by atoms with Crippen molar-refractivity contribution in [1.82, 2.24) is 0 Å². The number of phenolic OH excluding ortho intramolecular Hbond substituents is 1. The van der Waals surface area contributed by atoms with E-state index in [1.54, 1.807) is 18.2 Å². The fourth-order valence-electron chi connectivity index (χ4n) is 0.344. The van der Waals surface area contributed by atoms with E-state index in [0.717, 1.165) is 0 Å². The first-order valence-electron chi connectivity index (χ1n) is 1.97. The minimum Gasteiger partial charge on any atom is -0.559 e. The van der Waals surface area contributed by atoms with Crippen LogP contribution in [-0.4, -0.2) is 5.11 Å². The summed E-state index contributed by atoms with van der Waals surface area (Å²) < 4.78 is 0. The van der Waals surface area contributed by atoms with Crippen molar-refractivity contribution in [3.8, 4) is 5.75 Å². The second kappa shape index (κ2) is 6.39. The van der Waals surface area contributed by atoms with Gasteiger partial charge in [-0.15, -0.1) is 5.75 Å². The first-order chi connectivity index (χ1) is 3.39. The Labute approximate surface area is 80.0 Å². The fraction of sp³-hybridized carbons (Fsp3) is 0. The van der Waals surface area contributed by atoms with Crippen LogP contribution in [0.2, 0.25) is 0 Å². The maximum Gasteiger partial charge on any atom is 0 e. The summed E-state index contributed by atoms with van der Waals surface area (Å²) in [5, 5.41) is 8.52. The summed E-state index contributed by atoms with van der Waals surface area (Å²) in [6, 6.07) is 10.1. The minimum atomic E-state index is 0. The number of rotatable bonds is 0. The maximum atomic E-state index is 8.52. The van der Waals surface area contributed by atoms with E-state index in [1.807, 2.05) is 0 Å². The minimum absolute atomic E-state index is 0. The van der Waals surface area contributed by atoms with Gasteiger partial charge in [-0.05, 0) is 0 Å². The van der Waals surface area contributed by atoms with Crippen LogP contribution in [0.4, 0.5) is 0 Å². The van der Waals surface area contributed by atoms with E-state index < -0.39 is 0 Å². The number of para-hydroxylation sites is 1. The number of benzene rings is 1. The average molecular weight is 298 g/mol. The van der Waals surface area contributed by atoms with Crippen LogP contribution in [0.25, 0.3) is 0 Å². The van der Waals surface area contributed by atoms with Crippen LogP contribution in [0, 0.1) is 12.1 Å². The van der Waals surface area contributed by atoms with Gasteiger partial charge in [0.2, 0.25) is 0 Å². The second-order valence-electron chi connectivity index (χ2n) is 1.16. The molecule has 0 aliphatic carbocycles. The third kappa shape index (κ3) is 4.75. The molecule has 9 heavy (non-hydrogen) atoms. The third-order valence-electron chi connectivity index (χ3n) is 0.633. The summed E-state index contributed by atoms with van der Waals surface area (Å²) in [7, 11) is 0. The second-order valence-corrected chi connectivity index (χ2v) is 1.16. The number of phenols is 1. The van der Waals surface area contributed by atoms with E-state index in [9.17, 15) is 0 Å². The van der Waals surface area contributed by atoms with Crippen molar-refractivity contribution in [2.24, 2.45) is 0 Å². The molecule has 1 N–H and O–H groups in total. The first-order valence-corrected chi connectivity index (χ1v) is 1.97. The summed E-state index contributed by atoms with van der Waals surface area (Å²) in [4.78, 5) is 0. The van der Waals surface area contributed by atoms with E-state index >= 15 is 0 Å². The van der Waals surface area contributed by atoms with Gasteiger partial charge >= 0.3 is 0 Å². The number of aromatic hydroxyl groups is 1. The van der Waals surface area contributed by atoms with Crippen molar-refractivity contribution in [1.29, 1.82) is 0 Å². The van der Waals surface area contributed by atoms with Crippen molar-refractivity contribution >= 4 is 0 Å². The molecular weight excluding hydrogens is 294 g/mol. The van der Waals surface area contributed by atoms with Gasteiger partial charge in [0, 0.05) is 39.0 Å². The molecule has 0 saturated carbocycles. The van der Waals surface area contributed by atoms with Crippen LogP contribution < -0.4 is 0 Å². The summed E-state index contributed by atoms with van der Waals surface area (Å²) in [6.07, 6.45) is 0. The van der Waals surface area contributed by atoms with Gasteiger partial charge in [0.15, 0.2) is 0 Å². The number of hydrogen-bond acceptors (Lipinski definition) is 1. The monoisotopic (exact) mass is 298 g/mol. The topological polar surface area (TPSA) is 20.2 Å². The Kier molecular flexibility index (Phi) is 8.51. The average Bonchev–Trinajstić information content (AvgIpc) is 1.69. The quantitative estimate of drug-likeness (QED) is 0.559. The molecule has 0 aromatic heterocycles. The van der Waals surface area contributed by atoms with Gasteiger partial charge in [-0.1, -0.05) is 0 Å². The molecule has 2 radical (unpaired) electrons. The first kappa shape index (κ1) is 12.0. The smallest absolute Gasteiger partial charge is 0 e. The van der Waals surface area contributed by atoms with Crippen molar-refractivity contribution in [2.75, 3.05) is 0 Å². The van der Waals surface area contributed by atoms with Crippen LogP contribution >= 0.6 is 0 Å². The molecule has 0 aliphatic heterocycles.